The van der Waals surface area contributed by atoms with Crippen LogP contribution in [0, 0.1) is 28.6 Å². The minimum atomic E-state index is 0.130. The normalized spacial score (nSPS) is 44.6. The summed E-state index contributed by atoms with van der Waals surface area (Å²) in [5, 5.41) is 3.74. The van der Waals surface area contributed by atoms with Gasteiger partial charge in [0.2, 0.25) is 5.91 Å². The van der Waals surface area contributed by atoms with E-state index in [2.05, 4.69) is 35.2 Å². The van der Waals surface area contributed by atoms with Crippen molar-refractivity contribution in [2.75, 3.05) is 12.4 Å². The Morgan fingerprint density at radius 2 is 2.00 bits per heavy atom. The molecule has 150 valence electrons. The number of amides is 1. The van der Waals surface area contributed by atoms with Crippen molar-refractivity contribution in [2.45, 2.75) is 64.5 Å². The van der Waals surface area contributed by atoms with Crippen LogP contribution in [0.3, 0.4) is 0 Å². The number of hydrogen-bond donors (Lipinski definition) is 1. The second kappa shape index (κ2) is 6.30. The summed E-state index contributed by atoms with van der Waals surface area (Å²) >= 11 is 0. The fourth-order valence-corrected chi connectivity index (χ4v) is 7.53. The van der Waals surface area contributed by atoms with Crippen LogP contribution in [0.1, 0.15) is 52.4 Å². The number of rotatable bonds is 2. The number of aromatic nitrogens is 2. The van der Waals surface area contributed by atoms with E-state index in [1.807, 2.05) is 30.3 Å². The van der Waals surface area contributed by atoms with Crippen LogP contribution in [-0.2, 0) is 4.79 Å². The number of fused-ring (bicyclic) bond motifs is 5. The molecular weight excluding hydrogens is 348 g/mol. The van der Waals surface area contributed by atoms with Crippen LogP contribution in [0.25, 0.3) is 0 Å². The Hall–Kier alpha value is -1.91. The van der Waals surface area contributed by atoms with E-state index in [9.17, 15) is 4.79 Å². The summed E-state index contributed by atoms with van der Waals surface area (Å²) in [6.45, 7) is 4.93. The lowest BCUT2D eigenvalue weighted by Gasteiger charge is -2.60. The Kier molecular flexibility index (Phi) is 4.08. The topological polar surface area (TPSA) is 58.1 Å². The van der Waals surface area contributed by atoms with Gasteiger partial charge < -0.3 is 10.2 Å². The maximum atomic E-state index is 12.2. The maximum Gasteiger partial charge on any atom is 0.246 e. The Balaban J connectivity index is 1.41. The molecule has 4 aliphatic rings. The second-order valence-corrected chi connectivity index (χ2v) is 10.0. The van der Waals surface area contributed by atoms with Crippen LogP contribution in [0.4, 0.5) is 5.82 Å². The predicted molar refractivity (Wildman–Crippen MR) is 110 cm³/mol. The number of likely N-dealkylation sites (N-methyl/N-ethyl adjacent to an activating group) is 1. The van der Waals surface area contributed by atoms with E-state index in [1.165, 1.54) is 32.1 Å². The first kappa shape index (κ1) is 18.1. The molecule has 2 heterocycles. The van der Waals surface area contributed by atoms with E-state index in [-0.39, 0.29) is 11.3 Å². The number of nitrogens with zero attached hydrogens (tertiary/aromatic N) is 3. The Bertz CT molecular complexity index is 795. The lowest BCUT2D eigenvalue weighted by atomic mass is 9.48. The molecule has 1 aromatic rings. The third-order valence-corrected chi connectivity index (χ3v) is 9.03. The van der Waals surface area contributed by atoms with Gasteiger partial charge in [-0.1, -0.05) is 19.9 Å². The van der Waals surface area contributed by atoms with Gasteiger partial charge in [0, 0.05) is 30.7 Å². The van der Waals surface area contributed by atoms with Gasteiger partial charge in [-0.25, -0.2) is 9.97 Å². The highest BCUT2D eigenvalue weighted by Crippen LogP contribution is 2.64. The zero-order valence-corrected chi connectivity index (χ0v) is 17.3. The highest BCUT2D eigenvalue weighted by atomic mass is 16.2. The van der Waals surface area contributed by atoms with Gasteiger partial charge in [-0.3, -0.25) is 4.79 Å². The average molecular weight is 381 g/mol. The fourth-order valence-electron chi connectivity index (χ4n) is 7.53. The van der Waals surface area contributed by atoms with Gasteiger partial charge in [-0.05, 0) is 73.8 Å². The van der Waals surface area contributed by atoms with Crippen molar-refractivity contribution in [3.8, 4) is 0 Å². The first-order chi connectivity index (χ1) is 13.4. The van der Waals surface area contributed by atoms with Crippen molar-refractivity contribution >= 4 is 11.7 Å². The molecule has 0 bridgehead atoms. The zero-order chi connectivity index (χ0) is 19.5. The van der Waals surface area contributed by atoms with E-state index < -0.39 is 0 Å². The summed E-state index contributed by atoms with van der Waals surface area (Å²) in [5.74, 6) is 3.35. The molecule has 5 rings (SSSR count). The maximum absolute atomic E-state index is 12.2. The summed E-state index contributed by atoms with van der Waals surface area (Å²) in [6, 6.07) is 2.84. The van der Waals surface area contributed by atoms with Gasteiger partial charge in [-0.2, -0.15) is 0 Å². The summed E-state index contributed by atoms with van der Waals surface area (Å²) in [7, 11) is 2.00. The molecule has 28 heavy (non-hydrogen) atoms. The number of carbonyl (C=O) groups excluding carboxylic acids is 1. The van der Waals surface area contributed by atoms with Crippen LogP contribution >= 0.6 is 0 Å². The van der Waals surface area contributed by atoms with Crippen molar-refractivity contribution < 1.29 is 4.79 Å². The van der Waals surface area contributed by atoms with Gasteiger partial charge in [-0.15, -0.1) is 0 Å². The van der Waals surface area contributed by atoms with Crippen LogP contribution in [0.15, 0.2) is 30.7 Å². The minimum Gasteiger partial charge on any atom is -0.367 e. The summed E-state index contributed by atoms with van der Waals surface area (Å²) in [6.07, 6.45) is 15.0. The Labute approximate surface area is 168 Å². The molecule has 1 amide bonds. The van der Waals surface area contributed by atoms with Crippen LogP contribution < -0.4 is 5.32 Å². The van der Waals surface area contributed by atoms with E-state index in [0.29, 0.717) is 23.4 Å². The van der Waals surface area contributed by atoms with Crippen molar-refractivity contribution in [1.29, 1.82) is 0 Å². The van der Waals surface area contributed by atoms with Gasteiger partial charge in [0.05, 0.1) is 0 Å². The highest BCUT2D eigenvalue weighted by Gasteiger charge is 2.60. The SMILES string of the molecule is CN1C(=O)C=C[C@]2(C)[C@H]3CC[C@]4(C)[C@@H](Nc5ccncn5)CC[C@H]4[C@@H]3CC[C@@H]12. The largest absolute Gasteiger partial charge is 0.367 e. The fraction of sp³-hybridized carbons (Fsp3) is 0.696. The van der Waals surface area contributed by atoms with Crippen molar-refractivity contribution in [3.05, 3.63) is 30.7 Å². The lowest BCUT2D eigenvalue weighted by Crippen LogP contribution is -2.60. The van der Waals surface area contributed by atoms with Gasteiger partial charge in [0.15, 0.2) is 0 Å². The molecule has 1 N–H and O–H groups in total. The molecule has 3 aliphatic carbocycles. The monoisotopic (exact) mass is 380 g/mol. The standard InChI is InChI=1S/C23H32N4O/c1-22-11-8-17-15(4-7-19-23(17,2)12-9-21(28)27(19)3)16(22)5-6-18(22)26-20-10-13-24-14-25-20/h9-10,12-19H,4-8,11H2,1-3H3,(H,24,25,26)/t15-,16-,17-,18-,19+,22-,23+/m0/s1. The molecule has 7 atom stereocenters. The van der Waals surface area contributed by atoms with E-state index in [1.54, 1.807) is 6.33 Å². The number of hydrogen-bond acceptors (Lipinski definition) is 4. The van der Waals surface area contributed by atoms with Crippen LogP contribution in [0.5, 0.6) is 0 Å². The molecule has 0 radical (unpaired) electrons. The summed E-state index contributed by atoms with van der Waals surface area (Å²) in [5.41, 5.74) is 0.459. The smallest absolute Gasteiger partial charge is 0.246 e. The van der Waals surface area contributed by atoms with Gasteiger partial charge in [0.1, 0.15) is 12.1 Å². The highest BCUT2D eigenvalue weighted by molar-refractivity contribution is 5.89. The van der Waals surface area contributed by atoms with Gasteiger partial charge >= 0.3 is 0 Å². The molecule has 0 unspecified atom stereocenters. The molecule has 1 aromatic heterocycles. The van der Waals surface area contributed by atoms with Crippen molar-refractivity contribution in [2.24, 2.45) is 28.6 Å². The predicted octanol–water partition coefficient (Wildman–Crippen LogP) is 3.90. The average Bonchev–Trinajstić information content (AvgIpc) is 3.02. The summed E-state index contributed by atoms with van der Waals surface area (Å²) in [4.78, 5) is 22.7. The quantitative estimate of drug-likeness (QED) is 0.845. The van der Waals surface area contributed by atoms with Crippen molar-refractivity contribution in [3.63, 3.8) is 0 Å². The molecule has 3 fully saturated rings. The Morgan fingerprint density at radius 1 is 1.14 bits per heavy atom. The first-order valence-corrected chi connectivity index (χ1v) is 10.9. The van der Waals surface area contributed by atoms with Crippen LogP contribution in [0.2, 0.25) is 0 Å². The Morgan fingerprint density at radius 3 is 2.79 bits per heavy atom. The number of carbonyl (C=O) groups is 1. The molecule has 1 aliphatic heterocycles. The molecule has 0 spiro atoms. The molecule has 0 saturated heterocycles. The second-order valence-electron chi connectivity index (χ2n) is 10.0. The first-order valence-electron chi connectivity index (χ1n) is 10.9. The van der Waals surface area contributed by atoms with E-state index in [0.717, 1.165) is 24.1 Å². The third-order valence-electron chi connectivity index (χ3n) is 9.03. The van der Waals surface area contributed by atoms with Gasteiger partial charge in [0.25, 0.3) is 0 Å². The lowest BCUT2D eigenvalue weighted by molar-refractivity contribution is -0.138. The van der Waals surface area contributed by atoms with E-state index >= 15 is 0 Å². The van der Waals surface area contributed by atoms with Crippen molar-refractivity contribution in [1.82, 2.24) is 14.9 Å². The van der Waals surface area contributed by atoms with Crippen LogP contribution in [-0.4, -0.2) is 39.9 Å². The molecule has 5 heteroatoms. The number of nitrogens with one attached hydrogen (secondary N) is 1. The van der Waals surface area contributed by atoms with E-state index in [4.69, 9.17) is 0 Å². The molecule has 5 nitrogen and oxygen atoms in total. The molecule has 3 saturated carbocycles. The minimum absolute atomic E-state index is 0.130. The summed E-state index contributed by atoms with van der Waals surface area (Å²) < 4.78 is 0. The molecule has 0 aromatic carbocycles. The zero-order valence-electron chi connectivity index (χ0n) is 17.3. The molecular formula is C23H32N4O. The third kappa shape index (κ3) is 2.47. The number of anilines is 1.